The summed E-state index contributed by atoms with van der Waals surface area (Å²) in [7, 11) is 0. The van der Waals surface area contributed by atoms with Crippen molar-refractivity contribution >= 4 is 5.97 Å². The average molecular weight is 314 g/mol. The van der Waals surface area contributed by atoms with Gasteiger partial charge in [-0.05, 0) is 49.1 Å². The maximum Gasteiger partial charge on any atom is 0.335 e. The first-order valence-electron chi connectivity index (χ1n) is 7.71. The van der Waals surface area contributed by atoms with Gasteiger partial charge in [-0.25, -0.2) is 4.79 Å². The second kappa shape index (κ2) is 7.29. The third kappa shape index (κ3) is 3.90. The smallest absolute Gasteiger partial charge is 0.335 e. The number of carboxylic acid groups (broad SMARTS) is 1. The molecule has 2 aromatic carbocycles. The number of aryl methyl sites for hydroxylation is 1. The van der Waals surface area contributed by atoms with Crippen LogP contribution in [0.1, 0.15) is 35.3 Å². The lowest BCUT2D eigenvalue weighted by Gasteiger charge is -2.16. The van der Waals surface area contributed by atoms with Crippen molar-refractivity contribution in [2.75, 3.05) is 6.61 Å². The highest BCUT2D eigenvalue weighted by molar-refractivity contribution is 5.90. The van der Waals surface area contributed by atoms with Gasteiger partial charge in [0, 0.05) is 5.56 Å². The summed E-state index contributed by atoms with van der Waals surface area (Å²) in [4.78, 5) is 11.2. The van der Waals surface area contributed by atoms with E-state index in [2.05, 4.69) is 0 Å². The SMILES string of the molecule is CCc1c(OCC(C)O)cccc1-c1ccc(C(=O)O)c(C)c1. The maximum atomic E-state index is 11.2. The van der Waals surface area contributed by atoms with Crippen molar-refractivity contribution in [3.63, 3.8) is 0 Å². The highest BCUT2D eigenvalue weighted by atomic mass is 16.5. The standard InChI is InChI=1S/C19H22O4/c1-4-15-17(6-5-7-18(15)23-11-13(3)20)14-8-9-16(19(21)22)12(2)10-14/h5-10,13,20H,4,11H2,1-3H3,(H,21,22). The molecule has 2 N–H and O–H groups in total. The monoisotopic (exact) mass is 314 g/mol. The Labute approximate surface area is 136 Å². The van der Waals surface area contributed by atoms with Crippen LogP contribution in [0, 0.1) is 6.92 Å². The van der Waals surface area contributed by atoms with Gasteiger partial charge in [-0.1, -0.05) is 31.2 Å². The quantitative estimate of drug-likeness (QED) is 0.853. The van der Waals surface area contributed by atoms with Crippen LogP contribution in [0.5, 0.6) is 5.75 Å². The number of carboxylic acids is 1. The van der Waals surface area contributed by atoms with Crippen LogP contribution in [0.2, 0.25) is 0 Å². The molecule has 0 bridgehead atoms. The van der Waals surface area contributed by atoms with Crippen molar-refractivity contribution in [2.24, 2.45) is 0 Å². The molecule has 1 unspecified atom stereocenters. The van der Waals surface area contributed by atoms with Gasteiger partial charge < -0.3 is 14.9 Å². The summed E-state index contributed by atoms with van der Waals surface area (Å²) in [6.07, 6.45) is 0.255. The Bertz CT molecular complexity index is 705. The molecule has 0 aliphatic carbocycles. The molecule has 0 radical (unpaired) electrons. The number of aliphatic hydroxyl groups excluding tert-OH is 1. The second-order valence-electron chi connectivity index (χ2n) is 5.63. The van der Waals surface area contributed by atoms with Crippen molar-refractivity contribution in [1.82, 2.24) is 0 Å². The summed E-state index contributed by atoms with van der Waals surface area (Å²) in [6.45, 7) is 5.77. The van der Waals surface area contributed by atoms with Gasteiger partial charge in [-0.15, -0.1) is 0 Å². The Kier molecular flexibility index (Phi) is 5.40. The normalized spacial score (nSPS) is 12.0. The molecular weight excluding hydrogens is 292 g/mol. The first-order chi connectivity index (χ1) is 10.9. The number of aliphatic hydroxyl groups is 1. The molecule has 0 fully saturated rings. The number of carbonyl (C=O) groups is 1. The molecule has 23 heavy (non-hydrogen) atoms. The molecular formula is C19H22O4. The largest absolute Gasteiger partial charge is 0.491 e. The maximum absolute atomic E-state index is 11.2. The number of rotatable bonds is 6. The predicted molar refractivity (Wildman–Crippen MR) is 90.1 cm³/mol. The number of benzene rings is 2. The van der Waals surface area contributed by atoms with Crippen LogP contribution in [-0.4, -0.2) is 28.9 Å². The van der Waals surface area contributed by atoms with Crippen LogP contribution in [0.3, 0.4) is 0 Å². The first kappa shape index (κ1) is 17.0. The zero-order valence-electron chi connectivity index (χ0n) is 13.7. The third-order valence-corrected chi connectivity index (χ3v) is 3.73. The average Bonchev–Trinajstić information content (AvgIpc) is 2.51. The van der Waals surface area contributed by atoms with Gasteiger partial charge in [0.25, 0.3) is 0 Å². The fourth-order valence-corrected chi connectivity index (χ4v) is 2.62. The highest BCUT2D eigenvalue weighted by Crippen LogP contribution is 2.32. The number of aromatic carboxylic acids is 1. The molecule has 2 aromatic rings. The molecule has 0 aliphatic rings. The lowest BCUT2D eigenvalue weighted by atomic mass is 9.94. The lowest BCUT2D eigenvalue weighted by Crippen LogP contribution is -2.13. The van der Waals surface area contributed by atoms with E-state index in [1.807, 2.05) is 37.3 Å². The topological polar surface area (TPSA) is 66.8 Å². The van der Waals surface area contributed by atoms with Crippen LogP contribution in [0.4, 0.5) is 0 Å². The minimum atomic E-state index is -0.918. The Morgan fingerprint density at radius 2 is 2.00 bits per heavy atom. The molecule has 0 aliphatic heterocycles. The van der Waals surface area contributed by atoms with Crippen molar-refractivity contribution < 1.29 is 19.7 Å². The van der Waals surface area contributed by atoms with Crippen LogP contribution >= 0.6 is 0 Å². The molecule has 2 rings (SSSR count). The molecule has 0 aromatic heterocycles. The van der Waals surface area contributed by atoms with E-state index in [9.17, 15) is 9.90 Å². The summed E-state index contributed by atoms with van der Waals surface area (Å²) >= 11 is 0. The summed E-state index contributed by atoms with van der Waals surface area (Å²) in [5, 5.41) is 18.6. The summed E-state index contributed by atoms with van der Waals surface area (Å²) in [5.74, 6) is -0.162. The molecule has 0 amide bonds. The third-order valence-electron chi connectivity index (χ3n) is 3.73. The fraction of sp³-hybridized carbons (Fsp3) is 0.316. The Hall–Kier alpha value is -2.33. The van der Waals surface area contributed by atoms with Crippen molar-refractivity contribution in [3.05, 3.63) is 53.1 Å². The number of hydrogen-bond acceptors (Lipinski definition) is 3. The van der Waals surface area contributed by atoms with Crippen LogP contribution in [0.15, 0.2) is 36.4 Å². The van der Waals surface area contributed by atoms with Crippen molar-refractivity contribution in [3.8, 4) is 16.9 Å². The van der Waals surface area contributed by atoms with Crippen LogP contribution in [-0.2, 0) is 6.42 Å². The Morgan fingerprint density at radius 1 is 1.26 bits per heavy atom. The van der Waals surface area contributed by atoms with Crippen molar-refractivity contribution in [1.29, 1.82) is 0 Å². The summed E-state index contributed by atoms with van der Waals surface area (Å²) < 4.78 is 5.70. The summed E-state index contributed by atoms with van der Waals surface area (Å²) in [5.41, 5.74) is 4.08. The van der Waals surface area contributed by atoms with Gasteiger partial charge in [-0.2, -0.15) is 0 Å². The molecule has 0 heterocycles. The van der Waals surface area contributed by atoms with E-state index in [0.29, 0.717) is 5.56 Å². The van der Waals surface area contributed by atoms with Gasteiger partial charge in [0.05, 0.1) is 11.7 Å². The summed E-state index contributed by atoms with van der Waals surface area (Å²) in [6, 6.07) is 11.1. The predicted octanol–water partition coefficient (Wildman–Crippen LogP) is 3.68. The van der Waals surface area contributed by atoms with E-state index in [-0.39, 0.29) is 6.61 Å². The van der Waals surface area contributed by atoms with Gasteiger partial charge in [0.1, 0.15) is 12.4 Å². The lowest BCUT2D eigenvalue weighted by molar-refractivity contribution is 0.0696. The molecule has 0 spiro atoms. The van der Waals surface area contributed by atoms with E-state index in [1.165, 1.54) is 0 Å². The van der Waals surface area contributed by atoms with E-state index >= 15 is 0 Å². The zero-order valence-corrected chi connectivity index (χ0v) is 13.7. The fourth-order valence-electron chi connectivity index (χ4n) is 2.62. The zero-order chi connectivity index (χ0) is 17.0. The van der Waals surface area contributed by atoms with E-state index in [0.717, 1.165) is 34.4 Å². The molecule has 4 nitrogen and oxygen atoms in total. The van der Waals surface area contributed by atoms with E-state index in [1.54, 1.807) is 19.9 Å². The first-order valence-corrected chi connectivity index (χ1v) is 7.71. The Balaban J connectivity index is 2.45. The molecule has 122 valence electrons. The Morgan fingerprint density at radius 3 is 2.57 bits per heavy atom. The second-order valence-corrected chi connectivity index (χ2v) is 5.63. The van der Waals surface area contributed by atoms with Gasteiger partial charge in [0.15, 0.2) is 0 Å². The van der Waals surface area contributed by atoms with Crippen LogP contribution < -0.4 is 4.74 Å². The molecule has 0 saturated heterocycles. The number of ether oxygens (including phenoxy) is 1. The minimum absolute atomic E-state index is 0.243. The number of hydrogen-bond donors (Lipinski definition) is 2. The van der Waals surface area contributed by atoms with Gasteiger partial charge >= 0.3 is 5.97 Å². The van der Waals surface area contributed by atoms with E-state index < -0.39 is 12.1 Å². The van der Waals surface area contributed by atoms with Gasteiger partial charge in [0.2, 0.25) is 0 Å². The minimum Gasteiger partial charge on any atom is -0.491 e. The highest BCUT2D eigenvalue weighted by Gasteiger charge is 2.13. The molecule has 1 atom stereocenters. The van der Waals surface area contributed by atoms with E-state index in [4.69, 9.17) is 9.84 Å². The van der Waals surface area contributed by atoms with Gasteiger partial charge in [-0.3, -0.25) is 0 Å². The molecule has 4 heteroatoms. The van der Waals surface area contributed by atoms with Crippen molar-refractivity contribution in [2.45, 2.75) is 33.3 Å². The molecule has 0 saturated carbocycles. The van der Waals surface area contributed by atoms with Crippen LogP contribution in [0.25, 0.3) is 11.1 Å².